The van der Waals surface area contributed by atoms with Crippen molar-refractivity contribution in [1.82, 2.24) is 15.5 Å². The van der Waals surface area contributed by atoms with E-state index in [-0.39, 0.29) is 17.6 Å². The number of hydrogen-bond acceptors (Lipinski definition) is 7. The van der Waals surface area contributed by atoms with Crippen LogP contribution in [0.1, 0.15) is 15.9 Å². The Bertz CT molecular complexity index is 1010. The minimum Gasteiger partial charge on any atom is -0.492 e. The molecule has 0 aliphatic rings. The molecule has 0 bridgehead atoms. The summed E-state index contributed by atoms with van der Waals surface area (Å²) in [6.45, 7) is 2.61. The largest absolute Gasteiger partial charge is 0.492 e. The van der Waals surface area contributed by atoms with E-state index in [9.17, 15) is 9.59 Å². The number of hydrogen-bond donors (Lipinski definition) is 2. The molecule has 0 aliphatic carbocycles. The number of nitrogens with zero attached hydrogens (tertiary/aromatic N) is 2. The number of thioether (sulfide) groups is 1. The predicted molar refractivity (Wildman–Crippen MR) is 120 cm³/mol. The molecule has 7 nitrogen and oxygen atoms in total. The quantitative estimate of drug-likeness (QED) is 0.283. The molecule has 3 aromatic rings. The van der Waals surface area contributed by atoms with Crippen molar-refractivity contribution in [2.75, 3.05) is 24.2 Å². The van der Waals surface area contributed by atoms with Gasteiger partial charge in [-0.1, -0.05) is 52.9 Å². The molecular formula is C20H19ClN4O3S2. The van der Waals surface area contributed by atoms with Crippen LogP contribution in [0.15, 0.2) is 52.9 Å². The molecule has 0 atom stereocenters. The van der Waals surface area contributed by atoms with Gasteiger partial charge in [-0.25, -0.2) is 0 Å². The summed E-state index contributed by atoms with van der Waals surface area (Å²) in [7, 11) is 0. The second kappa shape index (κ2) is 11.0. The van der Waals surface area contributed by atoms with Gasteiger partial charge in [-0.3, -0.25) is 14.9 Å². The smallest absolute Gasteiger partial charge is 0.257 e. The summed E-state index contributed by atoms with van der Waals surface area (Å²) in [5.41, 5.74) is 1.47. The number of rotatable bonds is 9. The van der Waals surface area contributed by atoms with E-state index in [1.165, 1.54) is 23.1 Å². The van der Waals surface area contributed by atoms with Gasteiger partial charge in [-0.15, -0.1) is 10.2 Å². The number of benzene rings is 2. The van der Waals surface area contributed by atoms with Crippen molar-refractivity contribution in [2.24, 2.45) is 0 Å². The minimum absolute atomic E-state index is 0.139. The average molecular weight is 463 g/mol. The molecule has 0 radical (unpaired) electrons. The first-order chi connectivity index (χ1) is 14.5. The average Bonchev–Trinajstić information content (AvgIpc) is 3.18. The fraction of sp³-hybridized carbons (Fsp3) is 0.200. The topological polar surface area (TPSA) is 93.2 Å². The van der Waals surface area contributed by atoms with E-state index >= 15 is 0 Å². The third kappa shape index (κ3) is 6.72. The Morgan fingerprint density at radius 1 is 1.13 bits per heavy atom. The number of aryl methyl sites for hydroxylation is 1. The van der Waals surface area contributed by atoms with Crippen LogP contribution in [0.3, 0.4) is 0 Å². The van der Waals surface area contributed by atoms with Gasteiger partial charge in [-0.2, -0.15) is 0 Å². The third-order valence-electron chi connectivity index (χ3n) is 3.85. The van der Waals surface area contributed by atoms with Crippen molar-refractivity contribution in [3.05, 3.63) is 64.7 Å². The molecule has 30 heavy (non-hydrogen) atoms. The molecule has 0 fully saturated rings. The Kier molecular flexibility index (Phi) is 8.06. The number of carbonyl (C=O) groups is 2. The standard InChI is InChI=1S/C20H19ClN4O3S2/c1-13-4-2-3-5-16(13)18(27)23-19-24-25-20(30-19)29-12-17(26)22-10-11-28-15-8-6-14(21)7-9-15/h2-9H,10-12H2,1H3,(H,22,26)(H,23,24,27). The first-order valence-electron chi connectivity index (χ1n) is 8.99. The lowest BCUT2D eigenvalue weighted by Gasteiger charge is -2.07. The van der Waals surface area contributed by atoms with E-state index in [0.29, 0.717) is 39.0 Å². The summed E-state index contributed by atoms with van der Waals surface area (Å²) >= 11 is 8.30. The monoisotopic (exact) mass is 462 g/mol. The first-order valence-corrected chi connectivity index (χ1v) is 11.2. The molecule has 0 saturated carbocycles. The van der Waals surface area contributed by atoms with Gasteiger partial charge >= 0.3 is 0 Å². The van der Waals surface area contributed by atoms with Gasteiger partial charge in [-0.05, 0) is 42.8 Å². The highest BCUT2D eigenvalue weighted by molar-refractivity contribution is 8.01. The number of nitrogens with one attached hydrogen (secondary N) is 2. The fourth-order valence-electron chi connectivity index (χ4n) is 2.38. The molecule has 0 spiro atoms. The number of halogens is 1. The summed E-state index contributed by atoms with van der Waals surface area (Å²) in [6, 6.07) is 14.3. The zero-order valence-corrected chi connectivity index (χ0v) is 18.4. The van der Waals surface area contributed by atoms with Crippen LogP contribution in [0.5, 0.6) is 5.75 Å². The molecule has 2 aromatic carbocycles. The molecule has 10 heteroatoms. The van der Waals surface area contributed by atoms with Gasteiger partial charge in [0.25, 0.3) is 5.91 Å². The first kappa shape index (κ1) is 22.1. The van der Waals surface area contributed by atoms with E-state index in [2.05, 4.69) is 20.8 Å². The lowest BCUT2D eigenvalue weighted by molar-refractivity contribution is -0.118. The number of amides is 2. The highest BCUT2D eigenvalue weighted by Gasteiger charge is 2.13. The summed E-state index contributed by atoms with van der Waals surface area (Å²) in [5, 5.41) is 14.5. The lowest BCUT2D eigenvalue weighted by atomic mass is 10.1. The van der Waals surface area contributed by atoms with Crippen molar-refractivity contribution >= 4 is 51.6 Å². The maximum absolute atomic E-state index is 12.3. The molecule has 156 valence electrons. The molecule has 0 unspecified atom stereocenters. The van der Waals surface area contributed by atoms with E-state index < -0.39 is 0 Å². The van der Waals surface area contributed by atoms with Crippen LogP contribution >= 0.6 is 34.7 Å². The summed E-state index contributed by atoms with van der Waals surface area (Å²) in [4.78, 5) is 24.3. The fourth-order valence-corrected chi connectivity index (χ4v) is 4.08. The Labute approximate surface area is 187 Å². The minimum atomic E-state index is -0.237. The van der Waals surface area contributed by atoms with Crippen LogP contribution in [0, 0.1) is 6.92 Å². The zero-order valence-electron chi connectivity index (χ0n) is 16.1. The molecule has 2 N–H and O–H groups in total. The van der Waals surface area contributed by atoms with Gasteiger partial charge in [0.2, 0.25) is 11.0 Å². The Morgan fingerprint density at radius 3 is 2.67 bits per heavy atom. The van der Waals surface area contributed by atoms with Gasteiger partial charge in [0.05, 0.1) is 12.3 Å². The third-order valence-corrected chi connectivity index (χ3v) is 6.07. The van der Waals surface area contributed by atoms with Gasteiger partial charge in [0.1, 0.15) is 12.4 Å². The van der Waals surface area contributed by atoms with Gasteiger partial charge in [0.15, 0.2) is 4.34 Å². The highest BCUT2D eigenvalue weighted by Crippen LogP contribution is 2.25. The highest BCUT2D eigenvalue weighted by atomic mass is 35.5. The summed E-state index contributed by atoms with van der Waals surface area (Å²) in [5.74, 6) is 0.512. The number of anilines is 1. The molecule has 1 heterocycles. The maximum atomic E-state index is 12.3. The molecule has 3 rings (SSSR count). The van der Waals surface area contributed by atoms with Crippen LogP contribution in [-0.2, 0) is 4.79 Å². The van der Waals surface area contributed by atoms with Crippen LogP contribution < -0.4 is 15.4 Å². The van der Waals surface area contributed by atoms with Crippen molar-refractivity contribution in [3.63, 3.8) is 0 Å². The summed E-state index contributed by atoms with van der Waals surface area (Å²) < 4.78 is 6.12. The van der Waals surface area contributed by atoms with Crippen molar-refractivity contribution in [3.8, 4) is 5.75 Å². The molecule has 0 saturated heterocycles. The second-order valence-corrected chi connectivity index (χ2v) is 8.72. The van der Waals surface area contributed by atoms with Crippen molar-refractivity contribution < 1.29 is 14.3 Å². The zero-order chi connectivity index (χ0) is 21.3. The molecule has 1 aromatic heterocycles. The van der Waals surface area contributed by atoms with Gasteiger partial charge < -0.3 is 10.1 Å². The number of aromatic nitrogens is 2. The second-order valence-electron chi connectivity index (χ2n) is 6.08. The predicted octanol–water partition coefficient (Wildman–Crippen LogP) is 4.04. The van der Waals surface area contributed by atoms with Crippen LogP contribution in [0.25, 0.3) is 0 Å². The lowest BCUT2D eigenvalue weighted by Crippen LogP contribution is -2.29. The van der Waals surface area contributed by atoms with Crippen molar-refractivity contribution in [1.29, 1.82) is 0 Å². The molecular weight excluding hydrogens is 444 g/mol. The van der Waals surface area contributed by atoms with Crippen LogP contribution in [-0.4, -0.2) is 40.9 Å². The Morgan fingerprint density at radius 2 is 1.90 bits per heavy atom. The SMILES string of the molecule is Cc1ccccc1C(=O)Nc1nnc(SCC(=O)NCCOc2ccc(Cl)cc2)s1. The van der Waals surface area contributed by atoms with Crippen molar-refractivity contribution in [2.45, 2.75) is 11.3 Å². The van der Waals surface area contributed by atoms with E-state index in [1.54, 1.807) is 30.3 Å². The number of carbonyl (C=O) groups excluding carboxylic acids is 2. The Balaban J connectivity index is 1.37. The molecule has 0 aliphatic heterocycles. The molecule has 2 amide bonds. The van der Waals surface area contributed by atoms with Gasteiger partial charge in [0, 0.05) is 10.6 Å². The van der Waals surface area contributed by atoms with E-state index in [1.807, 2.05) is 25.1 Å². The number of ether oxygens (including phenoxy) is 1. The normalized spacial score (nSPS) is 10.5. The van der Waals surface area contributed by atoms with Crippen LogP contribution in [0.4, 0.5) is 5.13 Å². The summed E-state index contributed by atoms with van der Waals surface area (Å²) in [6.07, 6.45) is 0. The maximum Gasteiger partial charge on any atom is 0.257 e. The van der Waals surface area contributed by atoms with E-state index in [0.717, 1.165) is 5.56 Å². The van der Waals surface area contributed by atoms with E-state index in [4.69, 9.17) is 16.3 Å². The van der Waals surface area contributed by atoms with Crippen LogP contribution in [0.2, 0.25) is 5.02 Å². The Hall–Kier alpha value is -2.62.